The van der Waals surface area contributed by atoms with Gasteiger partial charge in [0.15, 0.2) is 0 Å². The first-order valence-electron chi connectivity index (χ1n) is 5.54. The number of aromatic nitrogens is 1. The van der Waals surface area contributed by atoms with Gasteiger partial charge in [0.05, 0.1) is 5.92 Å². The molecule has 2 rings (SSSR count). The summed E-state index contributed by atoms with van der Waals surface area (Å²) in [6.07, 6.45) is 3.72. The van der Waals surface area contributed by atoms with Crippen molar-refractivity contribution in [3.8, 4) is 0 Å². The fraction of sp³-hybridized carbons (Fsp3) is 0.143. The van der Waals surface area contributed by atoms with Gasteiger partial charge in [0.2, 0.25) is 0 Å². The number of carbonyl (C=O) groups is 1. The zero-order valence-electron chi connectivity index (χ0n) is 9.58. The smallest absolute Gasteiger partial charge is 0.311 e. The van der Waals surface area contributed by atoms with Crippen LogP contribution in [0.15, 0.2) is 48.8 Å². The fourth-order valence-electron chi connectivity index (χ4n) is 1.84. The lowest BCUT2D eigenvalue weighted by molar-refractivity contribution is -0.138. The number of benzene rings is 1. The quantitative estimate of drug-likeness (QED) is 0.920. The van der Waals surface area contributed by atoms with E-state index in [4.69, 9.17) is 11.6 Å². The lowest BCUT2D eigenvalue weighted by Gasteiger charge is -2.14. The summed E-state index contributed by atoms with van der Waals surface area (Å²) in [6, 6.07) is 10.7. The molecular weight excluding hydrogens is 250 g/mol. The van der Waals surface area contributed by atoms with Crippen LogP contribution in [0.2, 0.25) is 5.02 Å². The predicted octanol–water partition coefficient (Wildman–Crippen LogP) is 3.15. The number of rotatable bonds is 4. The highest BCUT2D eigenvalue weighted by molar-refractivity contribution is 6.31. The van der Waals surface area contributed by atoms with Gasteiger partial charge in [-0.05, 0) is 29.7 Å². The Kier molecular flexibility index (Phi) is 3.95. The number of aliphatic carboxylic acids is 1. The van der Waals surface area contributed by atoms with Crippen LogP contribution in [0.3, 0.4) is 0 Å². The minimum absolute atomic E-state index is 0.382. The SMILES string of the molecule is O=C(O)C(Cc1cccnc1)c1ccccc1Cl. The molecule has 1 aromatic carbocycles. The van der Waals surface area contributed by atoms with Crippen LogP contribution in [0.25, 0.3) is 0 Å². The molecule has 1 N–H and O–H groups in total. The Morgan fingerprint density at radius 3 is 2.67 bits per heavy atom. The van der Waals surface area contributed by atoms with Crippen molar-refractivity contribution >= 4 is 17.6 Å². The molecule has 0 aliphatic rings. The summed E-state index contributed by atoms with van der Waals surface area (Å²) >= 11 is 6.05. The van der Waals surface area contributed by atoms with E-state index in [2.05, 4.69) is 4.98 Å². The van der Waals surface area contributed by atoms with Gasteiger partial charge in [0.25, 0.3) is 0 Å². The summed E-state index contributed by atoms with van der Waals surface area (Å²) in [4.78, 5) is 15.4. The van der Waals surface area contributed by atoms with Crippen molar-refractivity contribution in [3.63, 3.8) is 0 Å². The van der Waals surface area contributed by atoms with Gasteiger partial charge >= 0.3 is 5.97 Å². The number of carboxylic acids is 1. The average Bonchev–Trinajstić information content (AvgIpc) is 2.38. The van der Waals surface area contributed by atoms with E-state index in [9.17, 15) is 9.90 Å². The zero-order valence-corrected chi connectivity index (χ0v) is 10.3. The average molecular weight is 262 g/mol. The van der Waals surface area contributed by atoms with Crippen molar-refractivity contribution in [2.45, 2.75) is 12.3 Å². The number of carboxylic acid groups (broad SMARTS) is 1. The van der Waals surface area contributed by atoms with Crippen LogP contribution in [-0.4, -0.2) is 16.1 Å². The van der Waals surface area contributed by atoms with Gasteiger partial charge in [0, 0.05) is 17.4 Å². The first-order chi connectivity index (χ1) is 8.68. The van der Waals surface area contributed by atoms with E-state index >= 15 is 0 Å². The summed E-state index contributed by atoms with van der Waals surface area (Å²) in [5, 5.41) is 9.81. The molecule has 1 unspecified atom stereocenters. The van der Waals surface area contributed by atoms with Crippen LogP contribution in [0.1, 0.15) is 17.0 Å². The van der Waals surface area contributed by atoms with Gasteiger partial charge in [-0.25, -0.2) is 0 Å². The molecule has 3 nitrogen and oxygen atoms in total. The van der Waals surface area contributed by atoms with Crippen molar-refractivity contribution in [2.75, 3.05) is 0 Å². The summed E-state index contributed by atoms with van der Waals surface area (Å²) in [5.41, 5.74) is 1.51. The van der Waals surface area contributed by atoms with Gasteiger partial charge in [-0.15, -0.1) is 0 Å². The molecule has 0 fully saturated rings. The van der Waals surface area contributed by atoms with Crippen LogP contribution in [0.4, 0.5) is 0 Å². The van der Waals surface area contributed by atoms with Crippen molar-refractivity contribution < 1.29 is 9.90 Å². The Bertz CT molecular complexity index is 543. The van der Waals surface area contributed by atoms with E-state index in [1.54, 1.807) is 42.7 Å². The third-order valence-corrected chi connectivity index (χ3v) is 3.09. The number of nitrogens with zero attached hydrogens (tertiary/aromatic N) is 1. The third-order valence-electron chi connectivity index (χ3n) is 2.74. The van der Waals surface area contributed by atoms with Gasteiger partial charge in [-0.1, -0.05) is 35.9 Å². The lowest BCUT2D eigenvalue weighted by Crippen LogP contribution is -2.15. The highest BCUT2D eigenvalue weighted by Gasteiger charge is 2.22. The monoisotopic (exact) mass is 261 g/mol. The predicted molar refractivity (Wildman–Crippen MR) is 69.8 cm³/mol. The van der Waals surface area contributed by atoms with Crippen LogP contribution in [0, 0.1) is 0 Å². The second-order valence-electron chi connectivity index (χ2n) is 3.98. The molecule has 0 amide bonds. The zero-order chi connectivity index (χ0) is 13.0. The molecule has 92 valence electrons. The van der Waals surface area contributed by atoms with Crippen molar-refractivity contribution in [2.24, 2.45) is 0 Å². The van der Waals surface area contributed by atoms with E-state index in [-0.39, 0.29) is 0 Å². The van der Waals surface area contributed by atoms with E-state index in [0.29, 0.717) is 17.0 Å². The van der Waals surface area contributed by atoms with E-state index in [0.717, 1.165) is 5.56 Å². The molecular formula is C14H12ClNO2. The Balaban J connectivity index is 2.30. The van der Waals surface area contributed by atoms with Crippen LogP contribution < -0.4 is 0 Å². The van der Waals surface area contributed by atoms with Gasteiger partial charge in [0.1, 0.15) is 0 Å². The normalized spacial score (nSPS) is 12.1. The standard InChI is InChI=1S/C14H12ClNO2/c15-13-6-2-1-5-11(13)12(14(17)18)8-10-4-3-7-16-9-10/h1-7,9,12H,8H2,(H,17,18). The Labute approximate surface area is 110 Å². The molecule has 0 spiro atoms. The summed E-state index contributed by atoms with van der Waals surface area (Å²) in [7, 11) is 0. The molecule has 1 atom stereocenters. The van der Waals surface area contributed by atoms with Crippen LogP contribution >= 0.6 is 11.6 Å². The number of hydrogen-bond acceptors (Lipinski definition) is 2. The third kappa shape index (κ3) is 2.87. The topological polar surface area (TPSA) is 50.2 Å². The molecule has 0 saturated carbocycles. The molecule has 1 heterocycles. The number of hydrogen-bond donors (Lipinski definition) is 1. The second-order valence-corrected chi connectivity index (χ2v) is 4.38. The minimum Gasteiger partial charge on any atom is -0.481 e. The number of pyridine rings is 1. The molecule has 0 saturated heterocycles. The Morgan fingerprint density at radius 2 is 2.06 bits per heavy atom. The largest absolute Gasteiger partial charge is 0.481 e. The first kappa shape index (κ1) is 12.6. The van der Waals surface area contributed by atoms with Crippen molar-refractivity contribution in [3.05, 3.63) is 64.9 Å². The Morgan fingerprint density at radius 1 is 1.28 bits per heavy atom. The highest BCUT2D eigenvalue weighted by atomic mass is 35.5. The van der Waals surface area contributed by atoms with Gasteiger partial charge < -0.3 is 5.11 Å². The summed E-state index contributed by atoms with van der Waals surface area (Å²) < 4.78 is 0. The molecule has 1 aromatic heterocycles. The molecule has 0 radical (unpaired) electrons. The molecule has 2 aromatic rings. The molecule has 4 heteroatoms. The Hall–Kier alpha value is -1.87. The summed E-state index contributed by atoms with van der Waals surface area (Å²) in [6.45, 7) is 0. The van der Waals surface area contributed by atoms with E-state index in [1.807, 2.05) is 6.07 Å². The first-order valence-corrected chi connectivity index (χ1v) is 5.92. The van der Waals surface area contributed by atoms with Crippen molar-refractivity contribution in [1.29, 1.82) is 0 Å². The van der Waals surface area contributed by atoms with Crippen molar-refractivity contribution in [1.82, 2.24) is 4.98 Å². The maximum atomic E-state index is 11.4. The molecule has 0 bridgehead atoms. The maximum absolute atomic E-state index is 11.4. The number of halogens is 1. The van der Waals surface area contributed by atoms with Crippen LogP contribution in [-0.2, 0) is 11.2 Å². The maximum Gasteiger partial charge on any atom is 0.311 e. The van der Waals surface area contributed by atoms with E-state index < -0.39 is 11.9 Å². The van der Waals surface area contributed by atoms with E-state index in [1.165, 1.54) is 0 Å². The summed E-state index contributed by atoms with van der Waals surface area (Å²) in [5.74, 6) is -1.53. The molecule has 0 aliphatic heterocycles. The van der Waals surface area contributed by atoms with Crippen LogP contribution in [0.5, 0.6) is 0 Å². The van der Waals surface area contributed by atoms with Gasteiger partial charge in [-0.3, -0.25) is 9.78 Å². The highest BCUT2D eigenvalue weighted by Crippen LogP contribution is 2.27. The molecule has 0 aliphatic carbocycles. The van der Waals surface area contributed by atoms with Gasteiger partial charge in [-0.2, -0.15) is 0 Å². The molecule has 18 heavy (non-hydrogen) atoms. The lowest BCUT2D eigenvalue weighted by atomic mass is 9.93. The minimum atomic E-state index is -0.882. The fourth-order valence-corrected chi connectivity index (χ4v) is 2.11. The second kappa shape index (κ2) is 5.65.